The maximum Gasteiger partial charge on any atom is 0.0943 e. The van der Waals surface area contributed by atoms with Gasteiger partial charge >= 0.3 is 0 Å². The molecule has 0 aromatic carbocycles. The molecule has 0 fully saturated rings. The third-order valence-electron chi connectivity index (χ3n) is 2.82. The summed E-state index contributed by atoms with van der Waals surface area (Å²) in [6, 6.07) is 2.11. The van der Waals surface area contributed by atoms with Crippen molar-refractivity contribution in [1.82, 2.24) is 19.6 Å². The van der Waals surface area contributed by atoms with Gasteiger partial charge in [0.1, 0.15) is 0 Å². The Bertz CT molecular complexity index is 559. The highest BCUT2D eigenvalue weighted by molar-refractivity contribution is 9.10. The Balaban J connectivity index is 2.15. The van der Waals surface area contributed by atoms with E-state index in [1.165, 1.54) is 10.7 Å². The van der Waals surface area contributed by atoms with Gasteiger partial charge in [0.05, 0.1) is 26.6 Å². The average molecular weight is 329 g/mol. The number of hydrogen-bond acceptors (Lipinski definition) is 3. The zero-order chi connectivity index (χ0) is 13.3. The summed E-state index contributed by atoms with van der Waals surface area (Å²) in [5.74, 6) is 0.892. The fraction of sp³-hybridized carbons (Fsp3) is 0.500. The second-order valence-corrected chi connectivity index (χ2v) is 6.01. The van der Waals surface area contributed by atoms with E-state index < -0.39 is 0 Å². The predicted octanol–water partition coefficient (Wildman–Crippen LogP) is 3.08. The number of halogens is 1. The first-order chi connectivity index (χ1) is 8.52. The summed E-state index contributed by atoms with van der Waals surface area (Å²) in [6.07, 6.45) is 0.948. The molecular weight excluding hydrogens is 312 g/mol. The molecule has 98 valence electrons. The highest BCUT2D eigenvalue weighted by Crippen LogP contribution is 2.29. The van der Waals surface area contributed by atoms with Crippen LogP contribution in [0.1, 0.15) is 24.0 Å². The molecule has 0 aliphatic carbocycles. The summed E-state index contributed by atoms with van der Waals surface area (Å²) in [4.78, 5) is 0. The fourth-order valence-corrected chi connectivity index (χ4v) is 3.88. The van der Waals surface area contributed by atoms with Gasteiger partial charge in [0.25, 0.3) is 0 Å². The van der Waals surface area contributed by atoms with Crippen molar-refractivity contribution in [2.45, 2.75) is 31.0 Å². The molecule has 2 rings (SSSR count). The van der Waals surface area contributed by atoms with Crippen molar-refractivity contribution in [3.05, 3.63) is 27.6 Å². The molecule has 0 radical (unpaired) electrons. The number of thioether (sulfide) groups is 1. The van der Waals surface area contributed by atoms with E-state index in [1.54, 1.807) is 11.8 Å². The van der Waals surface area contributed by atoms with E-state index in [2.05, 4.69) is 39.1 Å². The van der Waals surface area contributed by atoms with Gasteiger partial charge in [-0.1, -0.05) is 6.92 Å². The van der Waals surface area contributed by atoms with Crippen molar-refractivity contribution in [1.29, 1.82) is 0 Å². The molecule has 0 aliphatic rings. The third-order valence-corrected chi connectivity index (χ3v) is 4.83. The molecule has 0 atom stereocenters. The van der Waals surface area contributed by atoms with Crippen LogP contribution in [0.4, 0.5) is 0 Å². The maximum absolute atomic E-state index is 4.50. The van der Waals surface area contributed by atoms with E-state index in [-0.39, 0.29) is 0 Å². The highest BCUT2D eigenvalue weighted by Gasteiger charge is 2.13. The van der Waals surface area contributed by atoms with Gasteiger partial charge in [-0.25, -0.2) is 0 Å². The number of rotatable bonds is 4. The minimum Gasteiger partial charge on any atom is -0.270 e. The van der Waals surface area contributed by atoms with Gasteiger partial charge in [0.2, 0.25) is 0 Å². The monoisotopic (exact) mass is 328 g/mol. The lowest BCUT2D eigenvalue weighted by molar-refractivity contribution is 0.690. The molecule has 0 saturated carbocycles. The van der Waals surface area contributed by atoms with Crippen molar-refractivity contribution in [2.75, 3.05) is 0 Å². The van der Waals surface area contributed by atoms with E-state index in [0.29, 0.717) is 0 Å². The average Bonchev–Trinajstić information content (AvgIpc) is 2.77. The summed E-state index contributed by atoms with van der Waals surface area (Å²) in [5, 5.41) is 10.0. The van der Waals surface area contributed by atoms with Gasteiger partial charge in [0, 0.05) is 19.8 Å². The van der Waals surface area contributed by atoms with Gasteiger partial charge in [0.15, 0.2) is 0 Å². The molecule has 2 aromatic heterocycles. The lowest BCUT2D eigenvalue weighted by Crippen LogP contribution is -1.98. The second kappa shape index (κ2) is 5.48. The van der Waals surface area contributed by atoms with E-state index in [4.69, 9.17) is 0 Å². The number of aryl methyl sites for hydroxylation is 4. The van der Waals surface area contributed by atoms with Crippen molar-refractivity contribution in [3.8, 4) is 0 Å². The minimum atomic E-state index is 0.892. The Labute approximate surface area is 120 Å². The van der Waals surface area contributed by atoms with Gasteiger partial charge in [-0.05, 0) is 35.3 Å². The largest absolute Gasteiger partial charge is 0.270 e. The summed E-state index contributed by atoms with van der Waals surface area (Å²) in [5.41, 5.74) is 3.39. The zero-order valence-corrected chi connectivity index (χ0v) is 13.5. The number of nitrogens with zero attached hydrogens (tertiary/aromatic N) is 4. The molecule has 0 unspecified atom stereocenters. The molecule has 2 heterocycles. The first-order valence-corrected chi connectivity index (χ1v) is 7.64. The normalized spacial score (nSPS) is 11.2. The van der Waals surface area contributed by atoms with Gasteiger partial charge in [-0.2, -0.15) is 10.2 Å². The van der Waals surface area contributed by atoms with Crippen molar-refractivity contribution >= 4 is 27.7 Å². The van der Waals surface area contributed by atoms with Crippen molar-refractivity contribution < 1.29 is 0 Å². The van der Waals surface area contributed by atoms with Crippen LogP contribution in [-0.2, 0) is 26.3 Å². The summed E-state index contributed by atoms with van der Waals surface area (Å²) >= 11 is 5.42. The fourth-order valence-electron chi connectivity index (χ4n) is 1.84. The van der Waals surface area contributed by atoms with Crippen LogP contribution in [0.2, 0.25) is 0 Å². The van der Waals surface area contributed by atoms with E-state index in [9.17, 15) is 0 Å². The lowest BCUT2D eigenvalue weighted by Gasteiger charge is -2.03. The van der Waals surface area contributed by atoms with E-state index >= 15 is 0 Å². The highest BCUT2D eigenvalue weighted by atomic mass is 79.9. The van der Waals surface area contributed by atoms with Gasteiger partial charge in [-0.15, -0.1) is 11.8 Å². The predicted molar refractivity (Wildman–Crippen MR) is 77.8 cm³/mol. The molecule has 0 aliphatic heterocycles. The van der Waals surface area contributed by atoms with Crippen LogP contribution in [0.5, 0.6) is 0 Å². The molecule has 0 saturated heterocycles. The Morgan fingerprint density at radius 2 is 2.00 bits per heavy atom. The molecular formula is C12H17BrN4S. The zero-order valence-electron chi connectivity index (χ0n) is 11.1. The molecule has 0 spiro atoms. The van der Waals surface area contributed by atoms with Crippen molar-refractivity contribution in [3.63, 3.8) is 0 Å². The molecule has 18 heavy (non-hydrogen) atoms. The summed E-state index contributed by atoms with van der Waals surface area (Å²) in [6.45, 7) is 4.13. The smallest absolute Gasteiger partial charge is 0.0943 e. The first kappa shape index (κ1) is 13.7. The summed E-state index contributed by atoms with van der Waals surface area (Å²) < 4.78 is 5.02. The SMILES string of the molecule is CCc1nn(C)c(CSc2cc(C)nn2C)c1Br. The minimum absolute atomic E-state index is 0.892. The van der Waals surface area contributed by atoms with Crippen LogP contribution in [0, 0.1) is 6.92 Å². The van der Waals surface area contributed by atoms with E-state index in [1.807, 2.05) is 30.4 Å². The maximum atomic E-state index is 4.50. The quantitative estimate of drug-likeness (QED) is 0.809. The molecule has 2 aromatic rings. The third kappa shape index (κ3) is 2.64. The number of hydrogen-bond donors (Lipinski definition) is 0. The molecule has 4 nitrogen and oxygen atoms in total. The van der Waals surface area contributed by atoms with Crippen LogP contribution >= 0.6 is 27.7 Å². The lowest BCUT2D eigenvalue weighted by atomic mass is 10.3. The van der Waals surface area contributed by atoms with Crippen molar-refractivity contribution in [2.24, 2.45) is 14.1 Å². The Kier molecular flexibility index (Phi) is 4.17. The Hall–Kier alpha value is -0.750. The summed E-state index contributed by atoms with van der Waals surface area (Å²) in [7, 11) is 3.97. The van der Waals surface area contributed by atoms with Crippen LogP contribution in [0.25, 0.3) is 0 Å². The molecule has 0 N–H and O–H groups in total. The molecule has 0 amide bonds. The Morgan fingerprint density at radius 1 is 1.28 bits per heavy atom. The number of aromatic nitrogens is 4. The van der Waals surface area contributed by atoms with Crippen LogP contribution in [-0.4, -0.2) is 19.6 Å². The standard InChI is InChI=1S/C12H17BrN4S/c1-5-9-12(13)10(16(3)15-9)7-18-11-6-8(2)14-17(11)4/h6H,5,7H2,1-4H3. The molecule has 6 heteroatoms. The first-order valence-electron chi connectivity index (χ1n) is 5.86. The second-order valence-electron chi connectivity index (χ2n) is 4.22. The topological polar surface area (TPSA) is 35.6 Å². The van der Waals surface area contributed by atoms with Gasteiger partial charge < -0.3 is 0 Å². The molecule has 0 bridgehead atoms. The van der Waals surface area contributed by atoms with Gasteiger partial charge in [-0.3, -0.25) is 9.36 Å². The van der Waals surface area contributed by atoms with Crippen LogP contribution in [0.3, 0.4) is 0 Å². The van der Waals surface area contributed by atoms with Crippen LogP contribution < -0.4 is 0 Å². The van der Waals surface area contributed by atoms with E-state index in [0.717, 1.165) is 28.0 Å². The van der Waals surface area contributed by atoms with Crippen LogP contribution in [0.15, 0.2) is 15.6 Å². The Morgan fingerprint density at radius 3 is 2.50 bits per heavy atom.